The third-order valence-electron chi connectivity index (χ3n) is 1.98. The van der Waals surface area contributed by atoms with Crippen molar-refractivity contribution in [2.24, 2.45) is 0 Å². The number of benzene rings is 1. The molecule has 0 spiro atoms. The smallest absolute Gasteiger partial charge is 0.252 e. The molecular formula is C11H12Br2FNO. The molecule has 1 rings (SSSR count). The Labute approximate surface area is 111 Å². The van der Waals surface area contributed by atoms with Crippen LogP contribution in [0.2, 0.25) is 0 Å². The van der Waals surface area contributed by atoms with Gasteiger partial charge in [-0.3, -0.25) is 4.79 Å². The molecule has 0 atom stereocenters. The lowest BCUT2D eigenvalue weighted by atomic mass is 10.1. The third-order valence-corrected chi connectivity index (χ3v) is 4.19. The number of hydrogen-bond donors (Lipinski definition) is 1. The molecule has 0 heterocycles. The fraction of sp³-hybridized carbons (Fsp3) is 0.364. The van der Waals surface area contributed by atoms with Gasteiger partial charge in [0.25, 0.3) is 5.91 Å². The van der Waals surface area contributed by atoms with Crippen molar-refractivity contribution in [3.8, 4) is 0 Å². The molecule has 0 radical (unpaired) electrons. The SMILES string of the molecule is CC(C)(CBr)NC(=O)c1cccc(F)c1Br. The summed E-state index contributed by atoms with van der Waals surface area (Å²) in [6, 6.07) is 4.39. The monoisotopic (exact) mass is 351 g/mol. The first-order valence-corrected chi connectivity index (χ1v) is 6.61. The molecular weight excluding hydrogens is 341 g/mol. The molecule has 0 saturated carbocycles. The van der Waals surface area contributed by atoms with Gasteiger partial charge in [0.2, 0.25) is 0 Å². The normalized spacial score (nSPS) is 11.3. The first-order valence-electron chi connectivity index (χ1n) is 4.70. The van der Waals surface area contributed by atoms with E-state index in [0.29, 0.717) is 10.9 Å². The van der Waals surface area contributed by atoms with Crippen molar-refractivity contribution in [3.63, 3.8) is 0 Å². The highest BCUT2D eigenvalue weighted by molar-refractivity contribution is 9.10. The van der Waals surface area contributed by atoms with Gasteiger partial charge in [-0.2, -0.15) is 0 Å². The number of carbonyl (C=O) groups is 1. The van der Waals surface area contributed by atoms with Crippen LogP contribution in [-0.2, 0) is 0 Å². The Morgan fingerprint density at radius 2 is 2.12 bits per heavy atom. The third kappa shape index (κ3) is 3.28. The second-order valence-corrected chi connectivity index (χ2v) is 5.43. The molecule has 0 fully saturated rings. The summed E-state index contributed by atoms with van der Waals surface area (Å²) in [5, 5.41) is 3.43. The van der Waals surface area contributed by atoms with E-state index in [4.69, 9.17) is 0 Å². The summed E-state index contributed by atoms with van der Waals surface area (Å²) in [5.74, 6) is -0.736. The Bertz CT molecular complexity index is 407. The fourth-order valence-corrected chi connectivity index (χ4v) is 1.67. The van der Waals surface area contributed by atoms with Gasteiger partial charge >= 0.3 is 0 Å². The van der Waals surface area contributed by atoms with E-state index in [1.54, 1.807) is 6.07 Å². The molecule has 0 unspecified atom stereocenters. The molecule has 0 aliphatic heterocycles. The largest absolute Gasteiger partial charge is 0.346 e. The number of amides is 1. The summed E-state index contributed by atoms with van der Waals surface area (Å²) in [6.45, 7) is 3.76. The molecule has 0 saturated heterocycles. The molecule has 0 bridgehead atoms. The van der Waals surface area contributed by atoms with Crippen molar-refractivity contribution in [3.05, 3.63) is 34.1 Å². The minimum atomic E-state index is -0.440. The van der Waals surface area contributed by atoms with Gasteiger partial charge in [-0.15, -0.1) is 0 Å². The first kappa shape index (κ1) is 13.6. The summed E-state index contributed by atoms with van der Waals surface area (Å²) in [5.41, 5.74) is -0.0722. The van der Waals surface area contributed by atoms with E-state index in [9.17, 15) is 9.18 Å². The fourth-order valence-electron chi connectivity index (χ4n) is 1.09. The predicted molar refractivity (Wildman–Crippen MR) is 69.4 cm³/mol. The zero-order chi connectivity index (χ0) is 12.3. The number of alkyl halides is 1. The maximum absolute atomic E-state index is 13.2. The van der Waals surface area contributed by atoms with Gasteiger partial charge < -0.3 is 5.32 Å². The van der Waals surface area contributed by atoms with Crippen LogP contribution in [-0.4, -0.2) is 16.8 Å². The summed E-state index contributed by atoms with van der Waals surface area (Å²) >= 11 is 6.37. The quantitative estimate of drug-likeness (QED) is 0.829. The number of carbonyl (C=O) groups excluding carboxylic acids is 1. The second-order valence-electron chi connectivity index (χ2n) is 4.07. The predicted octanol–water partition coefficient (Wildman–Crippen LogP) is 3.49. The maximum atomic E-state index is 13.2. The van der Waals surface area contributed by atoms with E-state index in [1.807, 2.05) is 13.8 Å². The molecule has 16 heavy (non-hydrogen) atoms. The van der Waals surface area contributed by atoms with Crippen molar-refractivity contribution >= 4 is 37.8 Å². The highest BCUT2D eigenvalue weighted by Crippen LogP contribution is 2.21. The second kappa shape index (κ2) is 5.27. The van der Waals surface area contributed by atoms with Gasteiger partial charge in [0.05, 0.1) is 10.0 Å². The molecule has 1 amide bonds. The summed E-state index contributed by atoms with van der Waals surface area (Å²) in [7, 11) is 0. The van der Waals surface area contributed by atoms with Gasteiger partial charge in [0, 0.05) is 10.9 Å². The Balaban J connectivity index is 2.94. The minimum absolute atomic E-state index is 0.192. The van der Waals surface area contributed by atoms with E-state index in [1.165, 1.54) is 12.1 Å². The van der Waals surface area contributed by atoms with Gasteiger partial charge in [-0.05, 0) is 41.9 Å². The van der Waals surface area contributed by atoms with Crippen LogP contribution in [0, 0.1) is 5.82 Å². The van der Waals surface area contributed by atoms with E-state index < -0.39 is 5.82 Å². The van der Waals surface area contributed by atoms with Crippen LogP contribution in [0.15, 0.2) is 22.7 Å². The highest BCUT2D eigenvalue weighted by Gasteiger charge is 2.21. The van der Waals surface area contributed by atoms with Crippen molar-refractivity contribution in [1.82, 2.24) is 5.32 Å². The molecule has 0 aliphatic rings. The molecule has 5 heteroatoms. The molecule has 0 aliphatic carbocycles. The maximum Gasteiger partial charge on any atom is 0.252 e. The van der Waals surface area contributed by atoms with Gasteiger partial charge in [-0.25, -0.2) is 4.39 Å². The van der Waals surface area contributed by atoms with Gasteiger partial charge in [-0.1, -0.05) is 22.0 Å². The molecule has 88 valence electrons. The standard InChI is InChI=1S/C11H12Br2FNO/c1-11(2,6-12)15-10(16)7-4-3-5-8(14)9(7)13/h3-5H,6H2,1-2H3,(H,15,16). The lowest BCUT2D eigenvalue weighted by Crippen LogP contribution is -2.44. The van der Waals surface area contributed by atoms with Crippen molar-refractivity contribution < 1.29 is 9.18 Å². The minimum Gasteiger partial charge on any atom is -0.346 e. The number of nitrogens with one attached hydrogen (secondary N) is 1. The van der Waals surface area contributed by atoms with Crippen molar-refractivity contribution in [2.45, 2.75) is 19.4 Å². The molecule has 0 aromatic heterocycles. The summed E-state index contributed by atoms with van der Waals surface area (Å²) in [6.07, 6.45) is 0. The lowest BCUT2D eigenvalue weighted by molar-refractivity contribution is 0.0920. The Kier molecular flexibility index (Phi) is 4.50. The van der Waals surface area contributed by atoms with Crippen LogP contribution >= 0.6 is 31.9 Å². The number of hydrogen-bond acceptors (Lipinski definition) is 1. The average molecular weight is 353 g/mol. The first-order chi connectivity index (χ1) is 7.37. The molecule has 1 aromatic carbocycles. The van der Waals surface area contributed by atoms with Crippen LogP contribution in [0.25, 0.3) is 0 Å². The summed E-state index contributed by atoms with van der Waals surface area (Å²) in [4.78, 5) is 11.9. The number of halogens is 3. The molecule has 1 N–H and O–H groups in total. The van der Waals surface area contributed by atoms with E-state index in [2.05, 4.69) is 37.2 Å². The summed E-state index contributed by atoms with van der Waals surface area (Å²) < 4.78 is 13.4. The van der Waals surface area contributed by atoms with Crippen LogP contribution in [0.4, 0.5) is 4.39 Å². The topological polar surface area (TPSA) is 29.1 Å². The Morgan fingerprint density at radius 3 is 2.69 bits per heavy atom. The zero-order valence-electron chi connectivity index (χ0n) is 8.98. The van der Waals surface area contributed by atoms with Crippen molar-refractivity contribution in [1.29, 1.82) is 0 Å². The van der Waals surface area contributed by atoms with E-state index in [0.717, 1.165) is 0 Å². The Morgan fingerprint density at radius 1 is 1.50 bits per heavy atom. The van der Waals surface area contributed by atoms with Crippen LogP contribution in [0.5, 0.6) is 0 Å². The highest BCUT2D eigenvalue weighted by atomic mass is 79.9. The van der Waals surface area contributed by atoms with Gasteiger partial charge in [0.15, 0.2) is 0 Å². The number of rotatable bonds is 3. The van der Waals surface area contributed by atoms with Crippen LogP contribution in [0.3, 0.4) is 0 Å². The van der Waals surface area contributed by atoms with E-state index >= 15 is 0 Å². The lowest BCUT2D eigenvalue weighted by Gasteiger charge is -2.23. The van der Waals surface area contributed by atoms with E-state index in [-0.39, 0.29) is 15.9 Å². The van der Waals surface area contributed by atoms with Crippen molar-refractivity contribution in [2.75, 3.05) is 5.33 Å². The zero-order valence-corrected chi connectivity index (χ0v) is 12.2. The van der Waals surface area contributed by atoms with Gasteiger partial charge in [0.1, 0.15) is 5.82 Å². The molecule has 2 nitrogen and oxygen atoms in total. The van der Waals surface area contributed by atoms with Crippen LogP contribution < -0.4 is 5.32 Å². The van der Waals surface area contributed by atoms with Crippen LogP contribution in [0.1, 0.15) is 24.2 Å². The Hall–Kier alpha value is -0.420. The average Bonchev–Trinajstić information content (AvgIpc) is 2.21. The molecule has 1 aromatic rings.